The Morgan fingerprint density at radius 3 is 1.33 bits per heavy atom. The summed E-state index contributed by atoms with van der Waals surface area (Å²) in [5, 5.41) is 4.93. The summed E-state index contributed by atoms with van der Waals surface area (Å²) in [4.78, 5) is 0. The van der Waals surface area contributed by atoms with Crippen molar-refractivity contribution in [2.24, 2.45) is 0 Å². The first-order valence-electron chi connectivity index (χ1n) is 24.0. The monoisotopic (exact) mass is 954 g/mol. The second-order valence-electron chi connectivity index (χ2n) is 18.6. The van der Waals surface area contributed by atoms with Crippen LogP contribution in [0.4, 0.5) is 0 Å². The van der Waals surface area contributed by atoms with E-state index in [1.165, 1.54) is 105 Å². The van der Waals surface area contributed by atoms with Crippen LogP contribution in [0.2, 0.25) is 0 Å². The van der Waals surface area contributed by atoms with E-state index in [4.69, 9.17) is 0 Å². The van der Waals surface area contributed by atoms with Crippen LogP contribution in [0.1, 0.15) is 22.3 Å². The number of fused-ring (bicyclic) bond motifs is 9. The Hall–Kier alpha value is -8.50. The van der Waals surface area contributed by atoms with Crippen LogP contribution in [0.5, 0.6) is 0 Å². The van der Waals surface area contributed by atoms with Crippen molar-refractivity contribution >= 4 is 59.5 Å². The highest BCUT2D eigenvalue weighted by molar-refractivity contribution is 9.10. The molecule has 1 aliphatic carbocycles. The standard InChI is InChI=1S/C67H43BrN2/c68-52-22-16-17-44(40-52)47-37-48(45-31-35-65-59(41-45)57-26-11-14-29-63(57)69(65)53-23-8-3-9-24-53)39-49(38-47)46-32-36-66-60(42-46)58-27-12-15-30-64(58)70(66)54-33-34-56-55-25-10-13-28-61(55)67(62(56)43-54,50-18-4-1-5-19-50)51-20-6-2-7-21-51/h1-43H. The fourth-order valence-electron chi connectivity index (χ4n) is 11.8. The summed E-state index contributed by atoms with van der Waals surface area (Å²) in [7, 11) is 0. The molecule has 0 amide bonds. The van der Waals surface area contributed by atoms with Gasteiger partial charge < -0.3 is 9.13 Å². The number of rotatable bonds is 7. The van der Waals surface area contributed by atoms with Crippen LogP contribution in [-0.4, -0.2) is 9.13 Å². The summed E-state index contributed by atoms with van der Waals surface area (Å²) in [5.74, 6) is 0. The molecule has 0 saturated heterocycles. The minimum Gasteiger partial charge on any atom is -0.309 e. The van der Waals surface area contributed by atoms with E-state index in [0.29, 0.717) is 0 Å². The molecule has 0 radical (unpaired) electrons. The molecule has 0 bridgehead atoms. The molecule has 0 fully saturated rings. The highest BCUT2D eigenvalue weighted by Gasteiger charge is 2.46. The number of aromatic nitrogens is 2. The molecule has 0 atom stereocenters. The van der Waals surface area contributed by atoms with Gasteiger partial charge in [-0.05, 0) is 158 Å². The second-order valence-corrected chi connectivity index (χ2v) is 19.5. The van der Waals surface area contributed by atoms with Crippen LogP contribution in [0, 0.1) is 0 Å². The Bertz CT molecular complexity index is 4140. The fraction of sp³-hybridized carbons (Fsp3) is 0.0149. The molecule has 0 saturated carbocycles. The van der Waals surface area contributed by atoms with Crippen LogP contribution in [-0.2, 0) is 5.41 Å². The van der Waals surface area contributed by atoms with Gasteiger partial charge in [0, 0.05) is 37.4 Å². The topological polar surface area (TPSA) is 9.86 Å². The van der Waals surface area contributed by atoms with Crippen LogP contribution < -0.4 is 0 Å². The predicted octanol–water partition coefficient (Wildman–Crippen LogP) is 18.0. The quantitative estimate of drug-likeness (QED) is 0.151. The molecule has 0 aliphatic heterocycles. The number of hydrogen-bond acceptors (Lipinski definition) is 0. The van der Waals surface area contributed by atoms with E-state index in [-0.39, 0.29) is 0 Å². The minimum absolute atomic E-state index is 0.489. The van der Waals surface area contributed by atoms with Crippen LogP contribution in [0.3, 0.4) is 0 Å². The van der Waals surface area contributed by atoms with Crippen molar-refractivity contribution in [2.75, 3.05) is 0 Å². The van der Waals surface area contributed by atoms with Crippen molar-refractivity contribution in [2.45, 2.75) is 5.41 Å². The molecule has 14 rings (SSSR count). The van der Waals surface area contributed by atoms with Gasteiger partial charge in [-0.1, -0.05) is 186 Å². The Morgan fingerprint density at radius 2 is 0.743 bits per heavy atom. The molecular weight excluding hydrogens is 913 g/mol. The van der Waals surface area contributed by atoms with Gasteiger partial charge in [0.05, 0.1) is 27.5 Å². The first kappa shape index (κ1) is 40.6. The third-order valence-electron chi connectivity index (χ3n) is 14.8. The van der Waals surface area contributed by atoms with Gasteiger partial charge in [-0.3, -0.25) is 0 Å². The molecule has 70 heavy (non-hydrogen) atoms. The van der Waals surface area contributed by atoms with Gasteiger partial charge in [-0.15, -0.1) is 0 Å². The van der Waals surface area contributed by atoms with Crippen molar-refractivity contribution in [3.8, 4) is 55.9 Å². The largest absolute Gasteiger partial charge is 0.309 e. The molecule has 3 heteroatoms. The molecule has 0 spiro atoms. The lowest BCUT2D eigenvalue weighted by molar-refractivity contribution is 0.767. The summed E-state index contributed by atoms with van der Waals surface area (Å²) < 4.78 is 5.92. The SMILES string of the molecule is Brc1cccc(-c2cc(-c3ccc4c(c3)c3ccccc3n4-c3ccccc3)cc(-c3ccc4c(c3)c3ccccc3n4-c3ccc4c(c3)C(c3ccccc3)(c3ccccc3)c3ccccc3-4)c2)c1. The fourth-order valence-corrected chi connectivity index (χ4v) is 12.2. The van der Waals surface area contributed by atoms with Crippen molar-refractivity contribution in [1.82, 2.24) is 9.13 Å². The van der Waals surface area contributed by atoms with Crippen molar-refractivity contribution < 1.29 is 0 Å². The number of hydrogen-bond donors (Lipinski definition) is 0. The highest BCUT2D eigenvalue weighted by Crippen LogP contribution is 2.56. The van der Waals surface area contributed by atoms with Gasteiger partial charge >= 0.3 is 0 Å². The zero-order valence-electron chi connectivity index (χ0n) is 38.1. The van der Waals surface area contributed by atoms with Gasteiger partial charge in [0.1, 0.15) is 0 Å². The maximum atomic E-state index is 3.78. The van der Waals surface area contributed by atoms with Crippen molar-refractivity contribution in [1.29, 1.82) is 0 Å². The van der Waals surface area contributed by atoms with E-state index >= 15 is 0 Å². The zero-order chi connectivity index (χ0) is 46.3. The molecule has 0 unspecified atom stereocenters. The summed E-state index contributed by atoms with van der Waals surface area (Å²) in [6.07, 6.45) is 0. The molecule has 11 aromatic carbocycles. The maximum absolute atomic E-state index is 3.78. The van der Waals surface area contributed by atoms with E-state index in [9.17, 15) is 0 Å². The lowest BCUT2D eigenvalue weighted by atomic mass is 9.67. The van der Waals surface area contributed by atoms with Gasteiger partial charge in [0.2, 0.25) is 0 Å². The number of benzene rings is 11. The zero-order valence-corrected chi connectivity index (χ0v) is 39.7. The molecule has 2 nitrogen and oxygen atoms in total. The number of para-hydroxylation sites is 3. The smallest absolute Gasteiger partial charge is 0.0714 e. The molecule has 1 aliphatic rings. The molecule has 0 N–H and O–H groups in total. The van der Waals surface area contributed by atoms with E-state index < -0.39 is 5.41 Å². The lowest BCUT2D eigenvalue weighted by Gasteiger charge is -2.34. The average molecular weight is 956 g/mol. The highest BCUT2D eigenvalue weighted by atomic mass is 79.9. The van der Waals surface area contributed by atoms with Crippen LogP contribution in [0.25, 0.3) is 99.5 Å². The van der Waals surface area contributed by atoms with E-state index in [1.54, 1.807) is 0 Å². The second kappa shape index (κ2) is 16.1. The molecular formula is C67H43BrN2. The van der Waals surface area contributed by atoms with Crippen LogP contribution >= 0.6 is 15.9 Å². The Labute approximate surface area is 415 Å². The van der Waals surface area contributed by atoms with E-state index in [2.05, 4.69) is 286 Å². The summed E-state index contributed by atoms with van der Waals surface area (Å²) in [6.45, 7) is 0. The summed E-state index contributed by atoms with van der Waals surface area (Å²) >= 11 is 3.78. The van der Waals surface area contributed by atoms with E-state index in [0.717, 1.165) is 21.4 Å². The first-order valence-corrected chi connectivity index (χ1v) is 24.8. The minimum atomic E-state index is -0.489. The van der Waals surface area contributed by atoms with E-state index in [1.807, 2.05) is 0 Å². The lowest BCUT2D eigenvalue weighted by Crippen LogP contribution is -2.28. The number of nitrogens with zero attached hydrogens (tertiary/aromatic N) is 2. The Kier molecular flexibility index (Phi) is 9.30. The molecule has 13 aromatic rings. The van der Waals surface area contributed by atoms with Gasteiger partial charge in [-0.2, -0.15) is 0 Å². The third-order valence-corrected chi connectivity index (χ3v) is 15.3. The third kappa shape index (κ3) is 6.18. The maximum Gasteiger partial charge on any atom is 0.0714 e. The summed E-state index contributed by atoms with van der Waals surface area (Å²) in [6, 6.07) is 96.4. The first-order chi connectivity index (χ1) is 34.6. The predicted molar refractivity (Wildman–Crippen MR) is 296 cm³/mol. The normalized spacial score (nSPS) is 12.8. The Balaban J connectivity index is 0.954. The summed E-state index contributed by atoms with van der Waals surface area (Å²) in [5.41, 5.74) is 21.3. The van der Waals surface area contributed by atoms with Gasteiger partial charge in [0.15, 0.2) is 0 Å². The molecule has 2 heterocycles. The average Bonchev–Trinajstić information content (AvgIpc) is 4.05. The number of halogens is 1. The van der Waals surface area contributed by atoms with Crippen molar-refractivity contribution in [3.05, 3.63) is 288 Å². The molecule has 328 valence electrons. The van der Waals surface area contributed by atoms with Gasteiger partial charge in [0.25, 0.3) is 0 Å². The van der Waals surface area contributed by atoms with Gasteiger partial charge in [-0.25, -0.2) is 0 Å². The molecule has 2 aromatic heterocycles. The van der Waals surface area contributed by atoms with Crippen LogP contribution in [0.15, 0.2) is 265 Å². The van der Waals surface area contributed by atoms with Crippen molar-refractivity contribution in [3.63, 3.8) is 0 Å². The Morgan fingerprint density at radius 1 is 0.271 bits per heavy atom.